The van der Waals surface area contributed by atoms with Gasteiger partial charge < -0.3 is 5.32 Å². The summed E-state index contributed by atoms with van der Waals surface area (Å²) < 4.78 is 0. The van der Waals surface area contributed by atoms with Crippen molar-refractivity contribution in [1.29, 1.82) is 0 Å². The third kappa shape index (κ3) is 5.12. The average molecular weight is 264 g/mol. The lowest BCUT2D eigenvalue weighted by molar-refractivity contribution is 0.707. The molecule has 0 bridgehead atoms. The highest BCUT2D eigenvalue weighted by Crippen LogP contribution is 2.29. The molecule has 0 aromatic heterocycles. The minimum Gasteiger partial charge on any atom is -0.316 e. The molecule has 0 spiro atoms. The van der Waals surface area contributed by atoms with Crippen LogP contribution in [0.5, 0.6) is 0 Å². The molecule has 0 radical (unpaired) electrons. The van der Waals surface area contributed by atoms with E-state index in [1.165, 1.54) is 6.42 Å². The molecular weight excluding hydrogens is 249 g/mol. The van der Waals surface area contributed by atoms with Gasteiger partial charge in [0.25, 0.3) is 0 Å². The van der Waals surface area contributed by atoms with Crippen molar-refractivity contribution in [2.45, 2.75) is 18.2 Å². The Morgan fingerprint density at radius 3 is 2.80 bits per heavy atom. The molecule has 0 amide bonds. The van der Waals surface area contributed by atoms with E-state index in [-0.39, 0.29) is 0 Å². The number of hydrogen-bond donors (Lipinski definition) is 1. The maximum absolute atomic E-state index is 6.04. The second kappa shape index (κ2) is 7.39. The van der Waals surface area contributed by atoms with Gasteiger partial charge in [-0.25, -0.2) is 0 Å². The van der Waals surface area contributed by atoms with E-state index >= 15 is 0 Å². The van der Waals surface area contributed by atoms with Crippen molar-refractivity contribution >= 4 is 35.0 Å². The van der Waals surface area contributed by atoms with E-state index in [4.69, 9.17) is 23.2 Å². The van der Waals surface area contributed by atoms with Gasteiger partial charge >= 0.3 is 0 Å². The molecule has 0 saturated carbocycles. The zero-order valence-corrected chi connectivity index (χ0v) is 11.1. The van der Waals surface area contributed by atoms with Crippen molar-refractivity contribution in [2.24, 2.45) is 0 Å². The number of benzene rings is 1. The maximum atomic E-state index is 6.04. The summed E-state index contributed by atoms with van der Waals surface area (Å²) in [5.41, 5.74) is 0. The van der Waals surface area contributed by atoms with Gasteiger partial charge in [0.1, 0.15) is 0 Å². The molecule has 0 atom stereocenters. The Kier molecular flexibility index (Phi) is 6.50. The van der Waals surface area contributed by atoms with Crippen LogP contribution in [-0.2, 0) is 0 Å². The normalized spacial score (nSPS) is 10.6. The van der Waals surface area contributed by atoms with E-state index in [9.17, 15) is 0 Å². The van der Waals surface area contributed by atoms with Crippen LogP contribution < -0.4 is 5.32 Å². The largest absolute Gasteiger partial charge is 0.316 e. The lowest BCUT2D eigenvalue weighted by Gasteiger charge is -2.05. The van der Waals surface area contributed by atoms with E-state index in [1.54, 1.807) is 11.8 Å². The summed E-state index contributed by atoms with van der Waals surface area (Å²) in [6.07, 6.45) is 1.17. The molecule has 1 N–H and O–H groups in total. The number of halogens is 2. The van der Waals surface area contributed by atoms with Gasteiger partial charge in [0, 0.05) is 22.2 Å². The topological polar surface area (TPSA) is 12.0 Å². The molecule has 0 aliphatic heterocycles. The third-order valence-electron chi connectivity index (χ3n) is 1.86. The predicted octanol–water partition coefficient (Wildman–Crippen LogP) is 4.09. The monoisotopic (exact) mass is 263 g/mol. The molecule has 0 aliphatic rings. The SMILES string of the molecule is CCCNCCSc1cc(Cl)ccc1Cl. The van der Waals surface area contributed by atoms with Gasteiger partial charge in [0.15, 0.2) is 0 Å². The first-order valence-corrected chi connectivity index (χ1v) is 6.76. The van der Waals surface area contributed by atoms with Crippen molar-refractivity contribution in [3.8, 4) is 0 Å². The summed E-state index contributed by atoms with van der Waals surface area (Å²) in [5.74, 6) is 1.01. The molecule has 0 aliphatic carbocycles. The van der Waals surface area contributed by atoms with E-state index in [0.29, 0.717) is 0 Å². The second-order valence-corrected chi connectivity index (χ2v) is 5.15. The van der Waals surface area contributed by atoms with Crippen molar-refractivity contribution in [1.82, 2.24) is 5.32 Å². The van der Waals surface area contributed by atoms with Crippen LogP contribution >= 0.6 is 35.0 Å². The fourth-order valence-electron chi connectivity index (χ4n) is 1.12. The Hall–Kier alpha value is 0.110. The van der Waals surface area contributed by atoms with Crippen molar-refractivity contribution < 1.29 is 0 Å². The van der Waals surface area contributed by atoms with Crippen LogP contribution in [0.3, 0.4) is 0 Å². The molecule has 0 fully saturated rings. The zero-order chi connectivity index (χ0) is 11.1. The van der Waals surface area contributed by atoms with Gasteiger partial charge in [0.2, 0.25) is 0 Å². The smallest absolute Gasteiger partial charge is 0.0542 e. The molecular formula is C11H15Cl2NS. The highest BCUT2D eigenvalue weighted by atomic mass is 35.5. The lowest BCUT2D eigenvalue weighted by Crippen LogP contribution is -2.17. The lowest BCUT2D eigenvalue weighted by atomic mass is 10.4. The molecule has 0 saturated heterocycles. The standard InChI is InChI=1S/C11H15Cl2NS/c1-2-5-14-6-7-15-11-8-9(12)3-4-10(11)13/h3-4,8,14H,2,5-7H2,1H3. The van der Waals surface area contributed by atoms with Gasteiger partial charge in [-0.2, -0.15) is 0 Å². The fraction of sp³-hybridized carbons (Fsp3) is 0.455. The van der Waals surface area contributed by atoms with Crippen LogP contribution in [0.2, 0.25) is 10.0 Å². The van der Waals surface area contributed by atoms with Crippen molar-refractivity contribution in [3.05, 3.63) is 28.2 Å². The zero-order valence-electron chi connectivity index (χ0n) is 8.72. The molecule has 1 aromatic rings. The minimum atomic E-state index is 0.739. The third-order valence-corrected chi connectivity index (χ3v) is 3.59. The van der Waals surface area contributed by atoms with Crippen LogP contribution in [0.4, 0.5) is 0 Å². The van der Waals surface area contributed by atoms with E-state index in [2.05, 4.69) is 12.2 Å². The summed E-state index contributed by atoms with van der Waals surface area (Å²) in [6.45, 7) is 4.24. The first kappa shape index (κ1) is 13.2. The van der Waals surface area contributed by atoms with Crippen LogP contribution in [0.1, 0.15) is 13.3 Å². The summed E-state index contributed by atoms with van der Waals surface area (Å²) in [5, 5.41) is 4.86. The molecule has 1 rings (SSSR count). The van der Waals surface area contributed by atoms with Crippen LogP contribution in [0.15, 0.2) is 23.1 Å². The Morgan fingerprint density at radius 1 is 1.27 bits per heavy atom. The van der Waals surface area contributed by atoms with E-state index < -0.39 is 0 Å². The van der Waals surface area contributed by atoms with Gasteiger partial charge in [-0.3, -0.25) is 0 Å². The van der Waals surface area contributed by atoms with Gasteiger partial charge in [-0.05, 0) is 31.2 Å². The first-order chi connectivity index (χ1) is 7.24. The average Bonchev–Trinajstić information content (AvgIpc) is 2.23. The number of thioether (sulfide) groups is 1. The Bertz CT molecular complexity index is 305. The number of rotatable bonds is 6. The molecule has 0 unspecified atom stereocenters. The predicted molar refractivity (Wildman–Crippen MR) is 70.3 cm³/mol. The number of hydrogen-bond acceptors (Lipinski definition) is 2. The summed E-state index contributed by atoms with van der Waals surface area (Å²) in [6, 6.07) is 5.56. The Labute approximate surface area is 106 Å². The highest BCUT2D eigenvalue weighted by Gasteiger charge is 2.01. The Morgan fingerprint density at radius 2 is 2.07 bits per heavy atom. The van der Waals surface area contributed by atoms with E-state index in [0.717, 1.165) is 33.8 Å². The molecule has 0 heterocycles. The van der Waals surface area contributed by atoms with Gasteiger partial charge in [0.05, 0.1) is 5.02 Å². The van der Waals surface area contributed by atoms with Crippen LogP contribution in [-0.4, -0.2) is 18.8 Å². The molecule has 4 heteroatoms. The molecule has 15 heavy (non-hydrogen) atoms. The minimum absolute atomic E-state index is 0.739. The van der Waals surface area contributed by atoms with Crippen LogP contribution in [0.25, 0.3) is 0 Å². The van der Waals surface area contributed by atoms with Crippen LogP contribution in [0, 0.1) is 0 Å². The second-order valence-electron chi connectivity index (χ2n) is 3.17. The summed E-state index contributed by atoms with van der Waals surface area (Å²) in [4.78, 5) is 1.06. The molecule has 1 nitrogen and oxygen atoms in total. The fourth-order valence-corrected chi connectivity index (χ4v) is 2.52. The summed E-state index contributed by atoms with van der Waals surface area (Å²) in [7, 11) is 0. The van der Waals surface area contributed by atoms with Gasteiger partial charge in [-0.15, -0.1) is 11.8 Å². The Balaban J connectivity index is 2.33. The molecule has 1 aromatic carbocycles. The summed E-state index contributed by atoms with van der Waals surface area (Å²) >= 11 is 13.7. The quantitative estimate of drug-likeness (QED) is 0.613. The highest BCUT2D eigenvalue weighted by molar-refractivity contribution is 7.99. The van der Waals surface area contributed by atoms with E-state index in [1.807, 2.05) is 18.2 Å². The first-order valence-electron chi connectivity index (χ1n) is 5.02. The van der Waals surface area contributed by atoms with Crippen molar-refractivity contribution in [3.63, 3.8) is 0 Å². The maximum Gasteiger partial charge on any atom is 0.0542 e. The number of nitrogens with one attached hydrogen (secondary N) is 1. The molecule has 84 valence electrons. The van der Waals surface area contributed by atoms with Crippen molar-refractivity contribution in [2.75, 3.05) is 18.8 Å². The van der Waals surface area contributed by atoms with Gasteiger partial charge in [-0.1, -0.05) is 30.1 Å².